The van der Waals surface area contributed by atoms with Gasteiger partial charge in [0.2, 0.25) is 5.91 Å². The van der Waals surface area contributed by atoms with E-state index in [1.165, 1.54) is 13.8 Å². The molecule has 0 radical (unpaired) electrons. The zero-order chi connectivity index (χ0) is 21.9. The van der Waals surface area contributed by atoms with Gasteiger partial charge in [0.25, 0.3) is 0 Å². The van der Waals surface area contributed by atoms with Gasteiger partial charge >= 0.3 is 12.4 Å². The van der Waals surface area contributed by atoms with Crippen molar-refractivity contribution in [2.24, 2.45) is 11.3 Å². The van der Waals surface area contributed by atoms with Crippen molar-refractivity contribution in [3.63, 3.8) is 0 Å². The minimum absolute atomic E-state index is 0.0188. The first-order valence-corrected chi connectivity index (χ1v) is 8.83. The Bertz CT molecular complexity index is 722. The van der Waals surface area contributed by atoms with Gasteiger partial charge in [0, 0.05) is 18.5 Å². The molecule has 0 fully saturated rings. The Labute approximate surface area is 163 Å². The number of amides is 1. The lowest BCUT2D eigenvalue weighted by molar-refractivity contribution is -0.207. The predicted molar refractivity (Wildman–Crippen MR) is 93.4 cm³/mol. The van der Waals surface area contributed by atoms with Crippen LogP contribution in [-0.4, -0.2) is 28.8 Å². The average Bonchev–Trinajstić information content (AvgIpc) is 2.59. The summed E-state index contributed by atoms with van der Waals surface area (Å²) < 4.78 is 81.8. The van der Waals surface area contributed by atoms with E-state index >= 15 is 0 Å². The molecule has 0 aromatic carbocycles. The fourth-order valence-electron chi connectivity index (χ4n) is 2.66. The first-order valence-electron chi connectivity index (χ1n) is 8.30. The van der Waals surface area contributed by atoms with Crippen LogP contribution in [0.15, 0.2) is 18.3 Å². The summed E-state index contributed by atoms with van der Waals surface area (Å²) in [6.07, 6.45) is -9.79. The second kappa shape index (κ2) is 8.67. The zero-order valence-electron chi connectivity index (χ0n) is 15.4. The van der Waals surface area contributed by atoms with Crippen molar-refractivity contribution in [1.29, 1.82) is 5.41 Å². The van der Waals surface area contributed by atoms with Gasteiger partial charge in [-0.25, -0.2) is 4.98 Å². The number of pyridine rings is 1. The van der Waals surface area contributed by atoms with E-state index in [2.05, 4.69) is 4.98 Å². The van der Waals surface area contributed by atoms with Gasteiger partial charge in [0.1, 0.15) is 11.3 Å². The molecule has 158 valence electrons. The summed E-state index contributed by atoms with van der Waals surface area (Å²) in [5, 5.41) is 8.18. The summed E-state index contributed by atoms with van der Waals surface area (Å²) in [5.74, 6) is -3.98. The summed E-state index contributed by atoms with van der Waals surface area (Å²) in [6.45, 7) is 3.38. The number of amidine groups is 1. The highest BCUT2D eigenvalue weighted by Crippen LogP contribution is 2.48. The molecular weight excluding hydrogens is 412 g/mol. The Hall–Kier alpha value is -1.84. The van der Waals surface area contributed by atoms with Gasteiger partial charge in [0.05, 0.1) is 5.69 Å². The summed E-state index contributed by atoms with van der Waals surface area (Å²) >= 11 is 5.48. The molecular formula is C17H20ClF6N3O. The standard InChI is InChI=1S/C17H20ClF6N3O/c1-4-10(2)15(3,17(22,23)24)14(25)27(12(28)7-8-18)11-6-5-9-26-13(11)16(19,20)21/h5-6,9-10,25H,4,7-8H2,1-3H3/t10-,15?/m1/s1. The number of rotatable bonds is 6. The van der Waals surface area contributed by atoms with E-state index < -0.39 is 53.2 Å². The number of nitrogens with one attached hydrogen (secondary N) is 1. The second-order valence-corrected chi connectivity index (χ2v) is 6.77. The first-order chi connectivity index (χ1) is 12.7. The lowest BCUT2D eigenvalue weighted by Gasteiger charge is -2.41. The summed E-state index contributed by atoms with van der Waals surface area (Å²) in [4.78, 5) is 15.8. The van der Waals surface area contributed by atoms with Crippen molar-refractivity contribution in [2.75, 3.05) is 10.8 Å². The molecule has 0 spiro atoms. The van der Waals surface area contributed by atoms with Crippen LogP contribution in [0.1, 0.15) is 39.3 Å². The van der Waals surface area contributed by atoms with E-state index in [0.717, 1.165) is 18.3 Å². The lowest BCUT2D eigenvalue weighted by Crippen LogP contribution is -2.55. The molecule has 1 rings (SSSR count). The molecule has 1 unspecified atom stereocenters. The summed E-state index contributed by atoms with van der Waals surface area (Å²) in [7, 11) is 0. The predicted octanol–water partition coefficient (Wildman–Crippen LogP) is 5.65. The molecule has 0 saturated heterocycles. The van der Waals surface area contributed by atoms with E-state index in [-0.39, 0.29) is 17.2 Å². The van der Waals surface area contributed by atoms with Crippen LogP contribution in [-0.2, 0) is 11.0 Å². The SMILES string of the molecule is CC[C@@H](C)C(C)(C(=N)N(C(=O)CCCl)c1cccnc1C(F)(F)F)C(F)(F)F. The zero-order valence-corrected chi connectivity index (χ0v) is 16.1. The van der Waals surface area contributed by atoms with Crippen molar-refractivity contribution in [2.45, 2.75) is 46.0 Å². The van der Waals surface area contributed by atoms with Crippen LogP contribution in [0.4, 0.5) is 32.0 Å². The number of carbonyl (C=O) groups excluding carboxylic acids is 1. The third kappa shape index (κ3) is 4.59. The van der Waals surface area contributed by atoms with Crippen molar-refractivity contribution in [3.05, 3.63) is 24.0 Å². The van der Waals surface area contributed by atoms with Gasteiger partial charge in [-0.2, -0.15) is 26.3 Å². The Balaban J connectivity index is 3.74. The smallest absolute Gasteiger partial charge is 0.287 e. The number of hydrogen-bond acceptors (Lipinski definition) is 3. The third-order valence-electron chi connectivity index (χ3n) is 4.76. The molecule has 1 aromatic heterocycles. The van der Waals surface area contributed by atoms with Crippen LogP contribution in [0, 0.1) is 16.7 Å². The Morgan fingerprint density at radius 2 is 1.86 bits per heavy atom. The molecule has 1 aromatic rings. The number of nitrogens with zero attached hydrogens (tertiary/aromatic N) is 2. The van der Waals surface area contributed by atoms with E-state index in [1.807, 2.05) is 0 Å². The highest BCUT2D eigenvalue weighted by atomic mass is 35.5. The van der Waals surface area contributed by atoms with Gasteiger partial charge in [-0.05, 0) is 25.0 Å². The first kappa shape index (κ1) is 24.2. The summed E-state index contributed by atoms with van der Waals surface area (Å²) in [5.41, 5.74) is -5.37. The number of anilines is 1. The number of carbonyl (C=O) groups is 1. The fraction of sp³-hybridized carbons (Fsp3) is 0.588. The minimum Gasteiger partial charge on any atom is -0.287 e. The van der Waals surface area contributed by atoms with Gasteiger partial charge in [-0.3, -0.25) is 15.1 Å². The fourth-order valence-corrected chi connectivity index (χ4v) is 2.82. The molecule has 1 amide bonds. The van der Waals surface area contributed by atoms with Gasteiger partial charge in [0.15, 0.2) is 5.69 Å². The maximum absolute atomic E-state index is 13.9. The van der Waals surface area contributed by atoms with Gasteiger partial charge < -0.3 is 0 Å². The average molecular weight is 432 g/mol. The molecule has 0 aliphatic heterocycles. The molecule has 28 heavy (non-hydrogen) atoms. The van der Waals surface area contributed by atoms with Crippen LogP contribution in [0.25, 0.3) is 0 Å². The molecule has 1 heterocycles. The van der Waals surface area contributed by atoms with Crippen molar-refractivity contribution in [3.8, 4) is 0 Å². The number of hydrogen-bond donors (Lipinski definition) is 1. The second-order valence-electron chi connectivity index (χ2n) is 6.40. The molecule has 1 N–H and O–H groups in total. The highest BCUT2D eigenvalue weighted by Gasteiger charge is 2.59. The molecule has 0 aliphatic carbocycles. The quantitative estimate of drug-likeness (QED) is 0.274. The van der Waals surface area contributed by atoms with Crippen molar-refractivity contribution < 1.29 is 31.1 Å². The van der Waals surface area contributed by atoms with E-state index in [4.69, 9.17) is 17.0 Å². The molecule has 0 saturated carbocycles. The monoisotopic (exact) mass is 431 g/mol. The topological polar surface area (TPSA) is 57.1 Å². The number of alkyl halides is 7. The Kier molecular flexibility index (Phi) is 7.49. The van der Waals surface area contributed by atoms with Gasteiger partial charge in [-0.1, -0.05) is 20.3 Å². The molecule has 4 nitrogen and oxygen atoms in total. The van der Waals surface area contributed by atoms with Crippen LogP contribution in [0.2, 0.25) is 0 Å². The van der Waals surface area contributed by atoms with Crippen LogP contribution < -0.4 is 4.90 Å². The number of aromatic nitrogens is 1. The molecule has 11 heteroatoms. The molecule has 0 aliphatic rings. The Morgan fingerprint density at radius 1 is 1.29 bits per heavy atom. The van der Waals surface area contributed by atoms with Crippen molar-refractivity contribution >= 4 is 29.0 Å². The Morgan fingerprint density at radius 3 is 2.29 bits per heavy atom. The van der Waals surface area contributed by atoms with Crippen molar-refractivity contribution in [1.82, 2.24) is 4.98 Å². The largest absolute Gasteiger partial charge is 0.435 e. The van der Waals surface area contributed by atoms with Gasteiger partial charge in [-0.15, -0.1) is 11.6 Å². The minimum atomic E-state index is -5.04. The highest BCUT2D eigenvalue weighted by molar-refractivity contribution is 6.22. The third-order valence-corrected chi connectivity index (χ3v) is 4.94. The van der Waals surface area contributed by atoms with E-state index in [9.17, 15) is 31.1 Å². The summed E-state index contributed by atoms with van der Waals surface area (Å²) in [6, 6.07) is 1.86. The number of halogens is 7. The van der Waals surface area contributed by atoms with Crippen LogP contribution in [0.3, 0.4) is 0 Å². The lowest BCUT2D eigenvalue weighted by atomic mass is 9.74. The normalized spacial score (nSPS) is 15.6. The van der Waals surface area contributed by atoms with E-state index in [1.54, 1.807) is 0 Å². The van der Waals surface area contributed by atoms with Crippen LogP contribution in [0.5, 0.6) is 0 Å². The molecule has 2 atom stereocenters. The molecule has 0 bridgehead atoms. The van der Waals surface area contributed by atoms with E-state index in [0.29, 0.717) is 6.92 Å². The maximum Gasteiger partial charge on any atom is 0.435 e. The maximum atomic E-state index is 13.9. The van der Waals surface area contributed by atoms with Crippen LogP contribution >= 0.6 is 11.6 Å².